The molecule has 0 fully saturated rings. The molecule has 130 valence electrons. The molecular weight excluding hydrogens is 322 g/mol. The normalized spacial score (nSPS) is 12.4. The van der Waals surface area contributed by atoms with E-state index >= 15 is 0 Å². The first-order valence-corrected chi connectivity index (χ1v) is 8.15. The largest absolute Gasteiger partial charge is 0.358 e. The number of aromatic amines is 1. The van der Waals surface area contributed by atoms with Crippen LogP contribution < -0.4 is 0 Å². The second-order valence-electron chi connectivity index (χ2n) is 6.31. The maximum absolute atomic E-state index is 13.5. The third-order valence-electron chi connectivity index (χ3n) is 4.76. The van der Waals surface area contributed by atoms with Crippen LogP contribution in [0.2, 0.25) is 0 Å². The van der Waals surface area contributed by atoms with Gasteiger partial charge in [0.1, 0.15) is 0 Å². The Labute approximate surface area is 145 Å². The molecular formula is C20H20F2N2O. The molecule has 0 saturated carbocycles. The molecule has 1 aromatic heterocycles. The molecule has 5 heteroatoms. The van der Waals surface area contributed by atoms with Gasteiger partial charge in [-0.05, 0) is 43.2 Å². The summed E-state index contributed by atoms with van der Waals surface area (Å²) < 4.78 is 26.6. The Morgan fingerprint density at radius 2 is 1.88 bits per heavy atom. The number of hydrogen-bond acceptors (Lipinski definition) is 1. The highest BCUT2D eigenvalue weighted by molar-refractivity contribution is 5.90. The van der Waals surface area contributed by atoms with Crippen molar-refractivity contribution in [3.05, 3.63) is 70.9 Å². The topological polar surface area (TPSA) is 36.1 Å². The summed E-state index contributed by atoms with van der Waals surface area (Å²) in [6.45, 7) is 3.74. The highest BCUT2D eigenvalue weighted by Crippen LogP contribution is 2.25. The van der Waals surface area contributed by atoms with Crippen LogP contribution in [-0.2, 0) is 11.2 Å². The zero-order valence-corrected chi connectivity index (χ0v) is 14.4. The number of aryl methyl sites for hydroxylation is 1. The van der Waals surface area contributed by atoms with E-state index in [0.29, 0.717) is 5.56 Å². The summed E-state index contributed by atoms with van der Waals surface area (Å²) in [5, 5.41) is 1.03. The monoisotopic (exact) mass is 342 g/mol. The fourth-order valence-corrected chi connectivity index (χ4v) is 3.05. The third kappa shape index (κ3) is 3.27. The van der Waals surface area contributed by atoms with Crippen molar-refractivity contribution in [3.8, 4) is 0 Å². The van der Waals surface area contributed by atoms with E-state index in [1.807, 2.05) is 31.2 Å². The molecule has 3 nitrogen and oxygen atoms in total. The number of carbonyl (C=O) groups is 1. The summed E-state index contributed by atoms with van der Waals surface area (Å²) in [5.41, 5.74) is 3.48. The van der Waals surface area contributed by atoms with Gasteiger partial charge in [-0.1, -0.05) is 24.3 Å². The second kappa shape index (κ2) is 6.67. The Kier molecular flexibility index (Phi) is 4.57. The van der Waals surface area contributed by atoms with Gasteiger partial charge in [-0.2, -0.15) is 0 Å². The minimum atomic E-state index is -0.905. The Bertz CT molecular complexity index is 933. The molecule has 2 aromatic carbocycles. The first-order chi connectivity index (χ1) is 11.9. The molecule has 0 bridgehead atoms. The number of rotatable bonds is 4. The van der Waals surface area contributed by atoms with Gasteiger partial charge in [-0.3, -0.25) is 4.79 Å². The van der Waals surface area contributed by atoms with Crippen molar-refractivity contribution in [2.24, 2.45) is 0 Å². The number of halogens is 2. The molecule has 0 radical (unpaired) electrons. The number of nitrogens with zero attached hydrogens (tertiary/aromatic N) is 1. The van der Waals surface area contributed by atoms with Crippen LogP contribution in [0.25, 0.3) is 10.9 Å². The van der Waals surface area contributed by atoms with Crippen LogP contribution in [0.4, 0.5) is 8.78 Å². The van der Waals surface area contributed by atoms with Crippen molar-refractivity contribution >= 4 is 16.8 Å². The van der Waals surface area contributed by atoms with E-state index in [-0.39, 0.29) is 18.4 Å². The number of H-pyrrole nitrogens is 1. The van der Waals surface area contributed by atoms with Crippen LogP contribution in [-0.4, -0.2) is 22.8 Å². The standard InChI is InChI=1S/C20H20F2N2O/c1-12-16(15-6-4-5-7-19(15)23-12)11-20(25)24(3)13(2)14-8-9-17(21)18(22)10-14/h4-10,13,23H,11H2,1-3H3. The van der Waals surface area contributed by atoms with Crippen molar-refractivity contribution in [2.75, 3.05) is 7.05 Å². The molecule has 25 heavy (non-hydrogen) atoms. The number of hydrogen-bond donors (Lipinski definition) is 1. The molecule has 3 rings (SSSR count). The van der Waals surface area contributed by atoms with Gasteiger partial charge >= 0.3 is 0 Å². The van der Waals surface area contributed by atoms with Gasteiger partial charge in [0.05, 0.1) is 12.5 Å². The van der Waals surface area contributed by atoms with Crippen molar-refractivity contribution in [1.29, 1.82) is 0 Å². The van der Waals surface area contributed by atoms with Crippen LogP contribution in [0.1, 0.15) is 29.8 Å². The lowest BCUT2D eigenvalue weighted by Crippen LogP contribution is -2.31. The Morgan fingerprint density at radius 1 is 1.16 bits per heavy atom. The van der Waals surface area contributed by atoms with Crippen LogP contribution in [0.3, 0.4) is 0 Å². The van der Waals surface area contributed by atoms with Crippen molar-refractivity contribution in [1.82, 2.24) is 9.88 Å². The number of aromatic nitrogens is 1. The Hall–Kier alpha value is -2.69. The first-order valence-electron chi connectivity index (χ1n) is 8.15. The van der Waals surface area contributed by atoms with Gasteiger partial charge in [0.25, 0.3) is 0 Å². The molecule has 3 aromatic rings. The summed E-state index contributed by atoms with van der Waals surface area (Å²) in [5.74, 6) is -1.87. The summed E-state index contributed by atoms with van der Waals surface area (Å²) in [4.78, 5) is 17.6. The molecule has 1 N–H and O–H groups in total. The predicted octanol–water partition coefficient (Wildman–Crippen LogP) is 4.52. The van der Waals surface area contributed by atoms with Crippen LogP contribution >= 0.6 is 0 Å². The van der Waals surface area contributed by atoms with Crippen LogP contribution in [0, 0.1) is 18.6 Å². The van der Waals surface area contributed by atoms with Crippen molar-refractivity contribution < 1.29 is 13.6 Å². The third-order valence-corrected chi connectivity index (χ3v) is 4.76. The fraction of sp³-hybridized carbons (Fsp3) is 0.250. The van der Waals surface area contributed by atoms with Gasteiger partial charge in [0.2, 0.25) is 5.91 Å². The molecule has 1 atom stereocenters. The van der Waals surface area contributed by atoms with Crippen LogP contribution in [0.5, 0.6) is 0 Å². The number of likely N-dealkylation sites (N-methyl/N-ethyl adjacent to an activating group) is 1. The lowest BCUT2D eigenvalue weighted by molar-refractivity contribution is -0.131. The molecule has 0 saturated heterocycles. The van der Waals surface area contributed by atoms with E-state index in [9.17, 15) is 13.6 Å². The second-order valence-corrected chi connectivity index (χ2v) is 6.31. The minimum absolute atomic E-state index is 0.0786. The summed E-state index contributed by atoms with van der Waals surface area (Å²) >= 11 is 0. The average molecular weight is 342 g/mol. The first kappa shape index (κ1) is 17.1. The number of carbonyl (C=O) groups excluding carboxylic acids is 1. The average Bonchev–Trinajstić information content (AvgIpc) is 2.91. The number of para-hydroxylation sites is 1. The number of benzene rings is 2. The number of fused-ring (bicyclic) bond motifs is 1. The molecule has 0 aliphatic rings. The lowest BCUT2D eigenvalue weighted by Gasteiger charge is -2.25. The predicted molar refractivity (Wildman–Crippen MR) is 94.3 cm³/mol. The van der Waals surface area contributed by atoms with E-state index in [1.165, 1.54) is 6.07 Å². The van der Waals surface area contributed by atoms with Gasteiger partial charge in [0, 0.05) is 23.6 Å². The summed E-state index contributed by atoms with van der Waals surface area (Å²) in [6.07, 6.45) is 0.250. The van der Waals surface area contributed by atoms with Gasteiger partial charge in [-0.15, -0.1) is 0 Å². The maximum atomic E-state index is 13.5. The Morgan fingerprint density at radius 3 is 2.60 bits per heavy atom. The number of nitrogens with one attached hydrogen (secondary N) is 1. The molecule has 0 aliphatic carbocycles. The van der Waals surface area contributed by atoms with E-state index in [0.717, 1.165) is 34.3 Å². The zero-order valence-electron chi connectivity index (χ0n) is 14.4. The van der Waals surface area contributed by atoms with Crippen LogP contribution in [0.15, 0.2) is 42.5 Å². The molecule has 1 amide bonds. The van der Waals surface area contributed by atoms with E-state index in [4.69, 9.17) is 0 Å². The van der Waals surface area contributed by atoms with Gasteiger partial charge in [0.15, 0.2) is 11.6 Å². The van der Waals surface area contributed by atoms with Gasteiger partial charge < -0.3 is 9.88 Å². The van der Waals surface area contributed by atoms with Crippen molar-refractivity contribution in [2.45, 2.75) is 26.3 Å². The van der Waals surface area contributed by atoms with E-state index < -0.39 is 11.6 Å². The smallest absolute Gasteiger partial charge is 0.227 e. The highest BCUT2D eigenvalue weighted by Gasteiger charge is 2.21. The SMILES string of the molecule is Cc1[nH]c2ccccc2c1CC(=O)N(C)C(C)c1ccc(F)c(F)c1. The van der Waals surface area contributed by atoms with E-state index in [2.05, 4.69) is 4.98 Å². The molecule has 1 heterocycles. The van der Waals surface area contributed by atoms with Gasteiger partial charge in [-0.25, -0.2) is 8.78 Å². The zero-order chi connectivity index (χ0) is 18.1. The quantitative estimate of drug-likeness (QED) is 0.744. The maximum Gasteiger partial charge on any atom is 0.227 e. The highest BCUT2D eigenvalue weighted by atomic mass is 19.2. The van der Waals surface area contributed by atoms with Crippen molar-refractivity contribution in [3.63, 3.8) is 0 Å². The molecule has 0 spiro atoms. The number of amides is 1. The fourth-order valence-electron chi connectivity index (χ4n) is 3.05. The molecule has 1 unspecified atom stereocenters. The summed E-state index contributed by atoms with van der Waals surface area (Å²) in [6, 6.07) is 11.2. The molecule has 0 aliphatic heterocycles. The van der Waals surface area contributed by atoms with E-state index in [1.54, 1.807) is 18.9 Å². The minimum Gasteiger partial charge on any atom is -0.358 e. The Balaban J connectivity index is 1.82. The lowest BCUT2D eigenvalue weighted by atomic mass is 10.0. The summed E-state index contributed by atoms with van der Waals surface area (Å²) in [7, 11) is 1.68.